The van der Waals surface area contributed by atoms with Crippen LogP contribution < -0.4 is 20.9 Å². The van der Waals surface area contributed by atoms with Crippen LogP contribution in [0.15, 0.2) is 52.2 Å². The van der Waals surface area contributed by atoms with Crippen LogP contribution in [0.25, 0.3) is 0 Å². The molecule has 15 heteroatoms. The van der Waals surface area contributed by atoms with Crippen molar-refractivity contribution in [2.24, 2.45) is 0 Å². The van der Waals surface area contributed by atoms with Crippen LogP contribution in [-0.2, 0) is 30.6 Å². The topological polar surface area (TPSA) is 161 Å². The minimum Gasteiger partial charge on any atom is -0.462 e. The standard InChI is InChI=1S/C26H34N3O9PS2/c1-6-26(34)22(32)25(4,37-23(26)29-14-12-20(30)27-24(29)33)16-35-39(40,38-18-10-8-7-9-11-18)28-19(13-15-41-5)21(31)36-17(2)3/h1,7-12,14,17,19,22-23,32,34H,13,15-16H2,2-5H3,(H,28,40)(H,27,30,33)/t19-,22+,23+,25-,26+,39?/m0/s1. The molecule has 41 heavy (non-hydrogen) atoms. The molecule has 2 aromatic rings. The average molecular weight is 628 g/mol. The Hall–Kier alpha value is -2.47. The number of hydrogen-bond donors (Lipinski definition) is 4. The van der Waals surface area contributed by atoms with E-state index in [9.17, 15) is 24.6 Å². The van der Waals surface area contributed by atoms with Crippen molar-refractivity contribution in [2.75, 3.05) is 18.6 Å². The lowest BCUT2D eigenvalue weighted by atomic mass is 9.88. The van der Waals surface area contributed by atoms with Gasteiger partial charge >= 0.3 is 18.3 Å². The number of nitrogens with one attached hydrogen (secondary N) is 2. The number of thioether (sulfide) groups is 1. The molecule has 1 fully saturated rings. The molecular weight excluding hydrogens is 593 g/mol. The zero-order valence-corrected chi connectivity index (χ0v) is 25.5. The maximum Gasteiger partial charge on any atom is 0.330 e. The summed E-state index contributed by atoms with van der Waals surface area (Å²) in [5.41, 5.74) is -5.69. The minimum atomic E-state index is -3.58. The molecule has 0 spiro atoms. The van der Waals surface area contributed by atoms with Gasteiger partial charge in [-0.15, -0.1) is 6.42 Å². The third-order valence-corrected chi connectivity index (χ3v) is 9.19. The first-order valence-corrected chi connectivity index (χ1v) is 16.6. The average Bonchev–Trinajstić information content (AvgIpc) is 3.12. The van der Waals surface area contributed by atoms with E-state index in [4.69, 9.17) is 36.8 Å². The molecule has 1 aliphatic rings. The van der Waals surface area contributed by atoms with Gasteiger partial charge in [0.05, 0.1) is 12.7 Å². The fourth-order valence-electron chi connectivity index (χ4n) is 4.05. The van der Waals surface area contributed by atoms with Crippen molar-refractivity contribution in [3.05, 3.63) is 63.4 Å². The number of esters is 1. The van der Waals surface area contributed by atoms with Crippen molar-refractivity contribution in [1.29, 1.82) is 0 Å². The first-order chi connectivity index (χ1) is 19.3. The summed E-state index contributed by atoms with van der Waals surface area (Å²) in [7, 11) is 0. The molecule has 2 heterocycles. The number of terminal acetylenes is 1. The van der Waals surface area contributed by atoms with Crippen LogP contribution in [0.4, 0.5) is 0 Å². The summed E-state index contributed by atoms with van der Waals surface area (Å²) in [6, 6.07) is 8.74. The lowest BCUT2D eigenvalue weighted by Crippen LogP contribution is -2.51. The molecule has 0 bridgehead atoms. The van der Waals surface area contributed by atoms with Crippen LogP contribution in [0, 0.1) is 12.3 Å². The molecule has 0 amide bonds. The number of carbonyl (C=O) groups is 1. The molecule has 224 valence electrons. The zero-order valence-electron chi connectivity index (χ0n) is 23.0. The number of nitrogens with zero attached hydrogens (tertiary/aromatic N) is 1. The fraction of sp³-hybridized carbons (Fsp3) is 0.500. The summed E-state index contributed by atoms with van der Waals surface area (Å²) in [6.45, 7) is 0.817. The summed E-state index contributed by atoms with van der Waals surface area (Å²) in [6.07, 6.45) is 5.20. The van der Waals surface area contributed by atoms with Crippen LogP contribution >= 0.6 is 18.4 Å². The second kappa shape index (κ2) is 13.7. The Kier molecular flexibility index (Phi) is 11.0. The van der Waals surface area contributed by atoms with Gasteiger partial charge in [-0.3, -0.25) is 19.1 Å². The van der Waals surface area contributed by atoms with Gasteiger partial charge in [-0.1, -0.05) is 24.1 Å². The van der Waals surface area contributed by atoms with Gasteiger partial charge in [0.1, 0.15) is 23.5 Å². The van der Waals surface area contributed by atoms with Crippen molar-refractivity contribution in [2.45, 2.75) is 62.9 Å². The molecule has 0 aliphatic carbocycles. The number of aliphatic hydroxyl groups excluding tert-OH is 1. The van der Waals surface area contributed by atoms with E-state index in [-0.39, 0.29) is 6.10 Å². The third kappa shape index (κ3) is 7.88. The maximum atomic E-state index is 12.9. The molecule has 4 N–H and O–H groups in total. The number of benzene rings is 1. The molecule has 1 saturated heterocycles. The molecule has 0 radical (unpaired) electrons. The highest BCUT2D eigenvalue weighted by molar-refractivity contribution is 8.09. The second-order valence-corrected chi connectivity index (χ2v) is 13.9. The summed E-state index contributed by atoms with van der Waals surface area (Å²) >= 11 is 7.35. The number of para-hydroxylation sites is 1. The van der Waals surface area contributed by atoms with Crippen LogP contribution in [0.5, 0.6) is 5.75 Å². The monoisotopic (exact) mass is 627 g/mol. The Morgan fingerprint density at radius 2 is 2.02 bits per heavy atom. The van der Waals surface area contributed by atoms with Crippen molar-refractivity contribution in [3.63, 3.8) is 0 Å². The predicted octanol–water partition coefficient (Wildman–Crippen LogP) is 1.53. The van der Waals surface area contributed by atoms with Gasteiger partial charge in [0.2, 0.25) is 0 Å². The van der Waals surface area contributed by atoms with Crippen LogP contribution in [-0.4, -0.2) is 73.8 Å². The van der Waals surface area contributed by atoms with E-state index in [0.717, 1.165) is 16.8 Å². The minimum absolute atomic E-state index is 0.358. The highest BCUT2D eigenvalue weighted by Gasteiger charge is 2.62. The van der Waals surface area contributed by atoms with E-state index in [1.807, 2.05) is 6.26 Å². The number of ether oxygens (including phenoxy) is 2. The number of hydrogen-bond acceptors (Lipinski definition) is 11. The van der Waals surface area contributed by atoms with Gasteiger partial charge in [0.25, 0.3) is 5.56 Å². The summed E-state index contributed by atoms with van der Waals surface area (Å²) in [4.78, 5) is 39.0. The first kappa shape index (κ1) is 33.0. The molecule has 12 nitrogen and oxygen atoms in total. The Labute approximate surface area is 247 Å². The van der Waals surface area contributed by atoms with Crippen molar-refractivity contribution in [1.82, 2.24) is 14.6 Å². The van der Waals surface area contributed by atoms with E-state index in [1.54, 1.807) is 44.2 Å². The molecule has 1 aliphatic heterocycles. The quantitative estimate of drug-likeness (QED) is 0.144. The number of H-pyrrole nitrogens is 1. The SMILES string of the molecule is C#C[C@]1(O)[C@H](n2ccc(=O)[nH]c2=O)O[C@@](C)(COP(=S)(N[C@@H](CCSC)C(=O)OC(C)C)Oc2ccccc2)[C@H]1O. The Morgan fingerprint density at radius 1 is 1.34 bits per heavy atom. The molecule has 1 aromatic carbocycles. The number of rotatable bonds is 13. The smallest absolute Gasteiger partial charge is 0.330 e. The van der Waals surface area contributed by atoms with Crippen LogP contribution in [0.3, 0.4) is 0 Å². The molecule has 0 saturated carbocycles. The summed E-state index contributed by atoms with van der Waals surface area (Å²) < 4.78 is 24.4. The first-order valence-electron chi connectivity index (χ1n) is 12.6. The third-order valence-electron chi connectivity index (χ3n) is 6.14. The van der Waals surface area contributed by atoms with Gasteiger partial charge in [0, 0.05) is 12.3 Å². The predicted molar refractivity (Wildman–Crippen MR) is 158 cm³/mol. The van der Waals surface area contributed by atoms with E-state index in [0.29, 0.717) is 17.9 Å². The van der Waals surface area contributed by atoms with E-state index in [2.05, 4.69) is 16.0 Å². The number of aromatic amines is 1. The highest BCUT2D eigenvalue weighted by atomic mass is 32.5. The van der Waals surface area contributed by atoms with Crippen LogP contribution in [0.1, 0.15) is 33.4 Å². The fourth-order valence-corrected chi connectivity index (χ4v) is 6.94. The lowest BCUT2D eigenvalue weighted by molar-refractivity contribution is -0.149. The molecule has 1 aromatic heterocycles. The van der Waals surface area contributed by atoms with Gasteiger partial charge in [-0.05, 0) is 63.1 Å². The molecule has 6 atom stereocenters. The Morgan fingerprint density at radius 3 is 2.61 bits per heavy atom. The van der Waals surface area contributed by atoms with Crippen molar-refractivity contribution < 1.29 is 33.5 Å². The van der Waals surface area contributed by atoms with E-state index in [1.165, 1.54) is 18.7 Å². The zero-order chi connectivity index (χ0) is 30.4. The van der Waals surface area contributed by atoms with Gasteiger partial charge in [-0.2, -0.15) is 11.8 Å². The molecular formula is C26H34N3O9PS2. The van der Waals surface area contributed by atoms with Gasteiger partial charge in [-0.25, -0.2) is 9.88 Å². The van der Waals surface area contributed by atoms with Gasteiger partial charge in [0.15, 0.2) is 11.8 Å². The number of carbonyl (C=O) groups excluding carboxylic acids is 1. The number of aromatic nitrogens is 2. The largest absolute Gasteiger partial charge is 0.462 e. The van der Waals surface area contributed by atoms with Crippen molar-refractivity contribution >= 4 is 36.2 Å². The van der Waals surface area contributed by atoms with Gasteiger partial charge < -0.3 is 28.7 Å². The summed E-state index contributed by atoms with van der Waals surface area (Å²) in [5, 5.41) is 25.4. The molecule has 3 rings (SSSR count). The number of aliphatic hydroxyl groups is 2. The Bertz CT molecular complexity index is 1410. The maximum absolute atomic E-state index is 12.9. The molecule has 1 unspecified atom stereocenters. The van der Waals surface area contributed by atoms with E-state index < -0.39 is 60.0 Å². The second-order valence-electron chi connectivity index (χ2n) is 9.80. The van der Waals surface area contributed by atoms with E-state index >= 15 is 0 Å². The Balaban J connectivity index is 1.94. The van der Waals surface area contributed by atoms with Crippen molar-refractivity contribution in [3.8, 4) is 18.1 Å². The lowest BCUT2D eigenvalue weighted by Gasteiger charge is -2.33. The summed E-state index contributed by atoms with van der Waals surface area (Å²) in [5.74, 6) is 2.54. The highest BCUT2D eigenvalue weighted by Crippen LogP contribution is 2.50. The van der Waals surface area contributed by atoms with Crippen LogP contribution in [0.2, 0.25) is 0 Å². The normalized spacial score (nSPS) is 26.2.